The normalized spacial score (nSPS) is 16.9. The average Bonchev–Trinajstić information content (AvgIpc) is 2.71. The minimum absolute atomic E-state index is 0.0199. The van der Waals surface area contributed by atoms with E-state index in [1.54, 1.807) is 0 Å². The standard InChI is InChI=1S/C9H8ClNO4/c10-8-2-1-6(11(12)13)5-7(8)9-14-3-4-15-9/h1-2,5,9H,3-4H2. The predicted molar refractivity (Wildman–Crippen MR) is 52.8 cm³/mol. The molecule has 0 N–H and O–H groups in total. The molecule has 1 saturated heterocycles. The van der Waals surface area contributed by atoms with Crippen molar-refractivity contribution >= 4 is 17.3 Å². The van der Waals surface area contributed by atoms with Gasteiger partial charge in [0.1, 0.15) is 0 Å². The Morgan fingerprint density at radius 1 is 1.40 bits per heavy atom. The van der Waals surface area contributed by atoms with Crippen LogP contribution in [0.3, 0.4) is 0 Å². The fourth-order valence-electron chi connectivity index (χ4n) is 1.36. The largest absolute Gasteiger partial charge is 0.346 e. The van der Waals surface area contributed by atoms with E-state index in [4.69, 9.17) is 21.1 Å². The smallest absolute Gasteiger partial charge is 0.269 e. The molecule has 1 heterocycles. The fourth-order valence-corrected chi connectivity index (χ4v) is 1.57. The van der Waals surface area contributed by atoms with Gasteiger partial charge in [-0.25, -0.2) is 0 Å². The van der Waals surface area contributed by atoms with Gasteiger partial charge < -0.3 is 9.47 Å². The molecular weight excluding hydrogens is 222 g/mol. The Kier molecular flexibility index (Phi) is 2.86. The average molecular weight is 230 g/mol. The van der Waals surface area contributed by atoms with Gasteiger partial charge in [-0.15, -0.1) is 0 Å². The van der Waals surface area contributed by atoms with E-state index in [0.717, 1.165) is 0 Å². The Hall–Kier alpha value is -1.17. The topological polar surface area (TPSA) is 61.6 Å². The lowest BCUT2D eigenvalue weighted by atomic mass is 10.2. The number of nitrogens with zero attached hydrogens (tertiary/aromatic N) is 1. The number of benzene rings is 1. The zero-order chi connectivity index (χ0) is 10.8. The summed E-state index contributed by atoms with van der Waals surface area (Å²) in [5, 5.41) is 11.0. The summed E-state index contributed by atoms with van der Waals surface area (Å²) in [6.45, 7) is 0.952. The van der Waals surface area contributed by atoms with Gasteiger partial charge in [0.25, 0.3) is 5.69 Å². The maximum atomic E-state index is 10.6. The van der Waals surface area contributed by atoms with Gasteiger partial charge >= 0.3 is 0 Å². The second-order valence-corrected chi connectivity index (χ2v) is 3.44. The first-order chi connectivity index (χ1) is 7.18. The quantitative estimate of drug-likeness (QED) is 0.577. The predicted octanol–water partition coefficient (Wildman–Crippen LogP) is 2.29. The molecule has 1 aromatic rings. The Bertz CT molecular complexity index is 390. The van der Waals surface area contributed by atoms with Crippen LogP contribution in [-0.4, -0.2) is 18.1 Å². The van der Waals surface area contributed by atoms with E-state index in [9.17, 15) is 10.1 Å². The maximum Gasteiger partial charge on any atom is 0.269 e. The molecule has 1 fully saturated rings. The molecule has 2 rings (SSSR count). The van der Waals surface area contributed by atoms with E-state index >= 15 is 0 Å². The minimum atomic E-state index is -0.586. The molecule has 1 aliphatic rings. The van der Waals surface area contributed by atoms with Crippen molar-refractivity contribution in [2.75, 3.05) is 13.2 Å². The van der Waals surface area contributed by atoms with Crippen molar-refractivity contribution in [3.8, 4) is 0 Å². The number of hydrogen-bond donors (Lipinski definition) is 0. The highest BCUT2D eigenvalue weighted by atomic mass is 35.5. The van der Waals surface area contributed by atoms with Crippen molar-refractivity contribution in [1.82, 2.24) is 0 Å². The highest BCUT2D eigenvalue weighted by Gasteiger charge is 2.23. The van der Waals surface area contributed by atoms with Gasteiger partial charge in [-0.2, -0.15) is 0 Å². The van der Waals surface area contributed by atoms with Gasteiger partial charge in [-0.05, 0) is 6.07 Å². The number of ether oxygens (including phenoxy) is 2. The molecule has 0 atom stereocenters. The highest BCUT2D eigenvalue weighted by Crippen LogP contribution is 2.32. The molecule has 0 aliphatic carbocycles. The Morgan fingerprint density at radius 2 is 2.07 bits per heavy atom. The third kappa shape index (κ3) is 2.09. The first kappa shape index (κ1) is 10.4. The van der Waals surface area contributed by atoms with E-state index in [-0.39, 0.29) is 5.69 Å². The lowest BCUT2D eigenvalue weighted by molar-refractivity contribution is -0.385. The van der Waals surface area contributed by atoms with E-state index in [1.807, 2.05) is 0 Å². The van der Waals surface area contributed by atoms with Crippen LogP contribution in [0.1, 0.15) is 11.9 Å². The lowest BCUT2D eigenvalue weighted by Gasteiger charge is -2.10. The molecule has 5 nitrogen and oxygen atoms in total. The third-order valence-corrected chi connectivity index (χ3v) is 2.41. The van der Waals surface area contributed by atoms with Crippen LogP contribution in [-0.2, 0) is 9.47 Å². The summed E-state index contributed by atoms with van der Waals surface area (Å²) in [5.41, 5.74) is 0.483. The number of non-ortho nitro benzene ring substituents is 1. The van der Waals surface area contributed by atoms with Crippen molar-refractivity contribution < 1.29 is 14.4 Å². The molecule has 0 radical (unpaired) electrons. The maximum absolute atomic E-state index is 10.6. The molecule has 80 valence electrons. The second kappa shape index (κ2) is 4.14. The van der Waals surface area contributed by atoms with E-state index in [0.29, 0.717) is 23.8 Å². The van der Waals surface area contributed by atoms with Crippen molar-refractivity contribution in [2.45, 2.75) is 6.29 Å². The molecule has 0 aromatic heterocycles. The zero-order valence-electron chi connectivity index (χ0n) is 7.68. The van der Waals surface area contributed by atoms with Crippen LogP contribution in [0.25, 0.3) is 0 Å². The summed E-state index contributed by atoms with van der Waals surface area (Å²) < 4.78 is 10.5. The summed E-state index contributed by atoms with van der Waals surface area (Å²) in [5.74, 6) is 0. The first-order valence-corrected chi connectivity index (χ1v) is 4.73. The van der Waals surface area contributed by atoms with Gasteiger partial charge in [0.05, 0.1) is 18.1 Å². The SMILES string of the molecule is O=[N+]([O-])c1ccc(Cl)c(C2OCCO2)c1. The van der Waals surface area contributed by atoms with Crippen LogP contribution in [0.15, 0.2) is 18.2 Å². The van der Waals surface area contributed by atoms with Crippen LogP contribution < -0.4 is 0 Å². The van der Waals surface area contributed by atoms with Crippen LogP contribution in [0.4, 0.5) is 5.69 Å². The van der Waals surface area contributed by atoms with Crippen molar-refractivity contribution in [2.24, 2.45) is 0 Å². The fraction of sp³-hybridized carbons (Fsp3) is 0.333. The van der Waals surface area contributed by atoms with Crippen molar-refractivity contribution in [1.29, 1.82) is 0 Å². The molecule has 6 heteroatoms. The number of nitro benzene ring substituents is 1. The van der Waals surface area contributed by atoms with Crippen molar-refractivity contribution in [3.63, 3.8) is 0 Å². The summed E-state index contributed by atoms with van der Waals surface area (Å²) in [6.07, 6.45) is -0.586. The van der Waals surface area contributed by atoms with Gasteiger partial charge in [-0.1, -0.05) is 11.6 Å². The number of rotatable bonds is 2. The second-order valence-electron chi connectivity index (χ2n) is 3.04. The first-order valence-electron chi connectivity index (χ1n) is 4.35. The molecule has 1 aliphatic heterocycles. The van der Waals surface area contributed by atoms with Crippen LogP contribution in [0, 0.1) is 10.1 Å². The monoisotopic (exact) mass is 229 g/mol. The molecule has 0 saturated carbocycles. The molecule has 0 spiro atoms. The molecule has 1 aromatic carbocycles. The summed E-state index contributed by atoms with van der Waals surface area (Å²) in [4.78, 5) is 10.1. The molecule has 0 amide bonds. The van der Waals surface area contributed by atoms with Crippen molar-refractivity contribution in [3.05, 3.63) is 38.9 Å². The molecule has 0 unspecified atom stereocenters. The minimum Gasteiger partial charge on any atom is -0.346 e. The Morgan fingerprint density at radius 3 is 2.67 bits per heavy atom. The summed E-state index contributed by atoms with van der Waals surface area (Å²) in [7, 11) is 0. The molecule has 15 heavy (non-hydrogen) atoms. The molecule has 0 bridgehead atoms. The number of hydrogen-bond acceptors (Lipinski definition) is 4. The van der Waals surface area contributed by atoms with Crippen LogP contribution >= 0.6 is 11.6 Å². The van der Waals surface area contributed by atoms with E-state index < -0.39 is 11.2 Å². The number of nitro groups is 1. The van der Waals surface area contributed by atoms with Gasteiger partial charge in [-0.3, -0.25) is 10.1 Å². The zero-order valence-corrected chi connectivity index (χ0v) is 8.44. The summed E-state index contributed by atoms with van der Waals surface area (Å²) in [6, 6.07) is 4.19. The highest BCUT2D eigenvalue weighted by molar-refractivity contribution is 6.31. The van der Waals surface area contributed by atoms with E-state index in [1.165, 1.54) is 18.2 Å². The third-order valence-electron chi connectivity index (χ3n) is 2.07. The van der Waals surface area contributed by atoms with Gasteiger partial charge in [0.15, 0.2) is 6.29 Å². The van der Waals surface area contributed by atoms with Crippen LogP contribution in [0.5, 0.6) is 0 Å². The van der Waals surface area contributed by atoms with Gasteiger partial charge in [0, 0.05) is 22.7 Å². The Balaban J connectivity index is 2.35. The summed E-state index contributed by atoms with van der Waals surface area (Å²) >= 11 is 5.90. The Labute approximate surface area is 90.7 Å². The van der Waals surface area contributed by atoms with Gasteiger partial charge in [0.2, 0.25) is 0 Å². The number of halogens is 1. The molecular formula is C9H8ClNO4. The van der Waals surface area contributed by atoms with Crippen LogP contribution in [0.2, 0.25) is 5.02 Å². The lowest BCUT2D eigenvalue weighted by Crippen LogP contribution is -2.00. The van der Waals surface area contributed by atoms with E-state index in [2.05, 4.69) is 0 Å².